The first kappa shape index (κ1) is 26.1. The first-order valence-corrected chi connectivity index (χ1v) is 12.7. The van der Waals surface area contributed by atoms with E-state index in [2.05, 4.69) is 26.6 Å². The molecule has 0 spiro atoms. The fraction of sp³-hybridized carbons (Fsp3) is 0.214. The predicted octanol–water partition coefficient (Wildman–Crippen LogP) is 3.97. The largest absolute Gasteiger partial charge is 0.352 e. The molecule has 0 atom stereocenters. The Kier molecular flexibility index (Phi) is 8.35. The van der Waals surface area contributed by atoms with Crippen molar-refractivity contribution < 1.29 is 9.59 Å². The highest BCUT2D eigenvalue weighted by atomic mass is 79.9. The number of halogens is 1. The maximum atomic E-state index is 13.3. The Labute approximate surface area is 222 Å². The lowest BCUT2D eigenvalue weighted by atomic mass is 10.1. The van der Waals surface area contributed by atoms with E-state index < -0.39 is 17.2 Å². The van der Waals surface area contributed by atoms with Gasteiger partial charge in [-0.3, -0.25) is 23.5 Å². The molecule has 3 aromatic carbocycles. The van der Waals surface area contributed by atoms with Crippen LogP contribution in [0.1, 0.15) is 24.0 Å². The van der Waals surface area contributed by atoms with Crippen LogP contribution in [0.4, 0.5) is 5.69 Å². The summed E-state index contributed by atoms with van der Waals surface area (Å²) in [5.41, 5.74) is 2.09. The molecule has 2 N–H and O–H groups in total. The van der Waals surface area contributed by atoms with E-state index in [4.69, 9.17) is 0 Å². The second kappa shape index (κ2) is 11.8. The zero-order valence-corrected chi connectivity index (χ0v) is 22.0. The lowest BCUT2D eigenvalue weighted by molar-refractivity contribution is -0.121. The van der Waals surface area contributed by atoms with Crippen LogP contribution >= 0.6 is 15.9 Å². The Balaban J connectivity index is 1.47. The lowest BCUT2D eigenvalue weighted by Crippen LogP contribution is -2.42. The molecule has 0 radical (unpaired) electrons. The summed E-state index contributed by atoms with van der Waals surface area (Å²) in [6.07, 6.45) is 0.465. The van der Waals surface area contributed by atoms with Crippen LogP contribution in [0.2, 0.25) is 0 Å². The van der Waals surface area contributed by atoms with E-state index in [0.29, 0.717) is 29.6 Å². The van der Waals surface area contributed by atoms with Crippen molar-refractivity contribution in [1.29, 1.82) is 0 Å². The summed E-state index contributed by atoms with van der Waals surface area (Å²) in [6, 6.07) is 21.7. The molecule has 0 aliphatic carbocycles. The minimum Gasteiger partial charge on any atom is -0.352 e. The van der Waals surface area contributed by atoms with Gasteiger partial charge in [-0.15, -0.1) is 0 Å². The van der Waals surface area contributed by atoms with Gasteiger partial charge in [-0.05, 0) is 55.3 Å². The minimum atomic E-state index is -0.588. The zero-order chi connectivity index (χ0) is 26.4. The molecular formula is C28H27BrN4O4. The van der Waals surface area contributed by atoms with E-state index in [1.54, 1.807) is 48.5 Å². The number of nitrogens with zero attached hydrogens (tertiary/aromatic N) is 2. The van der Waals surface area contributed by atoms with Crippen LogP contribution in [0, 0.1) is 6.92 Å². The molecule has 0 fully saturated rings. The second-order valence-electron chi connectivity index (χ2n) is 8.76. The van der Waals surface area contributed by atoms with Gasteiger partial charge in [0.15, 0.2) is 0 Å². The average Bonchev–Trinajstić information content (AvgIpc) is 2.89. The molecule has 2 amide bonds. The zero-order valence-electron chi connectivity index (χ0n) is 20.4. The normalized spacial score (nSPS) is 10.9. The Morgan fingerprint density at radius 2 is 1.57 bits per heavy atom. The number of amides is 2. The fourth-order valence-corrected chi connectivity index (χ4v) is 4.26. The Bertz CT molecular complexity index is 1540. The van der Waals surface area contributed by atoms with Gasteiger partial charge in [0.05, 0.1) is 10.9 Å². The van der Waals surface area contributed by atoms with Crippen LogP contribution in [0.25, 0.3) is 10.9 Å². The molecule has 1 heterocycles. The van der Waals surface area contributed by atoms with Crippen molar-refractivity contribution in [3.8, 4) is 0 Å². The molecule has 37 heavy (non-hydrogen) atoms. The van der Waals surface area contributed by atoms with Gasteiger partial charge in [-0.25, -0.2) is 4.79 Å². The number of benzene rings is 3. The van der Waals surface area contributed by atoms with E-state index >= 15 is 0 Å². The summed E-state index contributed by atoms with van der Waals surface area (Å²) in [4.78, 5) is 51.4. The first-order chi connectivity index (χ1) is 17.8. The van der Waals surface area contributed by atoms with E-state index in [1.165, 1.54) is 4.57 Å². The molecular weight excluding hydrogens is 536 g/mol. The molecule has 4 rings (SSSR count). The molecule has 9 heteroatoms. The summed E-state index contributed by atoms with van der Waals surface area (Å²) < 4.78 is 3.27. The summed E-state index contributed by atoms with van der Waals surface area (Å²) in [7, 11) is 0. The van der Waals surface area contributed by atoms with Crippen molar-refractivity contribution in [2.45, 2.75) is 39.4 Å². The number of para-hydroxylation sites is 1. The van der Waals surface area contributed by atoms with Crippen LogP contribution in [-0.4, -0.2) is 20.9 Å². The van der Waals surface area contributed by atoms with Gasteiger partial charge in [-0.1, -0.05) is 57.9 Å². The number of nitrogens with one attached hydrogen (secondary N) is 2. The molecule has 0 saturated carbocycles. The van der Waals surface area contributed by atoms with E-state index in [0.717, 1.165) is 20.2 Å². The number of carbonyl (C=O) groups excluding carboxylic acids is 2. The quantitative estimate of drug-likeness (QED) is 0.322. The van der Waals surface area contributed by atoms with Crippen molar-refractivity contribution in [3.05, 3.63) is 109 Å². The number of anilines is 1. The number of fused-ring (bicyclic) bond motifs is 1. The molecule has 4 aromatic rings. The first-order valence-electron chi connectivity index (χ1n) is 11.9. The standard InChI is InChI=1S/C28H27BrN4O4/c1-19-8-10-20(11-9-19)17-30-25(34)7-4-16-32-27(36)23-5-2-3-6-24(23)33(28(32)37)18-26(35)31-22-14-12-21(29)13-15-22/h2-3,5-6,8-15H,4,7,16-18H2,1H3,(H,30,34)(H,31,35). The smallest absolute Gasteiger partial charge is 0.331 e. The van der Waals surface area contributed by atoms with E-state index in [9.17, 15) is 19.2 Å². The molecule has 1 aromatic heterocycles. The maximum absolute atomic E-state index is 13.3. The van der Waals surface area contributed by atoms with Gasteiger partial charge in [-0.2, -0.15) is 0 Å². The number of hydrogen-bond donors (Lipinski definition) is 2. The second-order valence-corrected chi connectivity index (χ2v) is 9.68. The van der Waals surface area contributed by atoms with Crippen molar-refractivity contribution >= 4 is 44.3 Å². The third-order valence-corrected chi connectivity index (χ3v) is 6.49. The van der Waals surface area contributed by atoms with Crippen LogP contribution in [0.15, 0.2) is 86.9 Å². The summed E-state index contributed by atoms with van der Waals surface area (Å²) in [6.45, 7) is 2.22. The van der Waals surface area contributed by atoms with Gasteiger partial charge in [0.2, 0.25) is 11.8 Å². The van der Waals surface area contributed by atoms with E-state index in [-0.39, 0.29) is 25.4 Å². The number of aromatic nitrogens is 2. The highest BCUT2D eigenvalue weighted by Gasteiger charge is 2.16. The van der Waals surface area contributed by atoms with Crippen molar-refractivity contribution in [2.24, 2.45) is 0 Å². The van der Waals surface area contributed by atoms with Gasteiger partial charge >= 0.3 is 5.69 Å². The third-order valence-electron chi connectivity index (χ3n) is 5.96. The Morgan fingerprint density at radius 1 is 0.865 bits per heavy atom. The Morgan fingerprint density at radius 3 is 2.30 bits per heavy atom. The molecule has 0 aliphatic heterocycles. The highest BCUT2D eigenvalue weighted by Crippen LogP contribution is 2.14. The number of hydrogen-bond acceptors (Lipinski definition) is 4. The van der Waals surface area contributed by atoms with Crippen LogP contribution < -0.4 is 21.9 Å². The summed E-state index contributed by atoms with van der Waals surface area (Å²) >= 11 is 3.35. The highest BCUT2D eigenvalue weighted by molar-refractivity contribution is 9.10. The molecule has 0 aliphatic rings. The molecule has 190 valence electrons. The number of rotatable bonds is 9. The van der Waals surface area contributed by atoms with Gasteiger partial charge in [0, 0.05) is 29.7 Å². The summed E-state index contributed by atoms with van der Waals surface area (Å²) in [5, 5.41) is 5.97. The van der Waals surface area contributed by atoms with E-state index in [1.807, 2.05) is 31.2 Å². The topological polar surface area (TPSA) is 102 Å². The predicted molar refractivity (Wildman–Crippen MR) is 147 cm³/mol. The molecule has 0 bridgehead atoms. The van der Waals surface area contributed by atoms with Gasteiger partial charge in [0.25, 0.3) is 5.56 Å². The van der Waals surface area contributed by atoms with Crippen LogP contribution in [-0.2, 0) is 29.2 Å². The molecule has 0 saturated heterocycles. The number of carbonyl (C=O) groups is 2. The average molecular weight is 563 g/mol. The van der Waals surface area contributed by atoms with Crippen molar-refractivity contribution in [3.63, 3.8) is 0 Å². The molecule has 0 unspecified atom stereocenters. The van der Waals surface area contributed by atoms with Gasteiger partial charge < -0.3 is 10.6 Å². The van der Waals surface area contributed by atoms with Crippen LogP contribution in [0.3, 0.4) is 0 Å². The lowest BCUT2D eigenvalue weighted by Gasteiger charge is -2.14. The minimum absolute atomic E-state index is 0.0643. The molecule has 8 nitrogen and oxygen atoms in total. The Hall–Kier alpha value is -3.98. The SMILES string of the molecule is Cc1ccc(CNC(=O)CCCn2c(=O)c3ccccc3n(CC(=O)Nc3ccc(Br)cc3)c2=O)cc1. The third kappa shape index (κ3) is 6.62. The summed E-state index contributed by atoms with van der Waals surface area (Å²) in [5.74, 6) is -0.557. The maximum Gasteiger partial charge on any atom is 0.331 e. The van der Waals surface area contributed by atoms with Gasteiger partial charge in [0.1, 0.15) is 6.54 Å². The fourth-order valence-electron chi connectivity index (χ4n) is 3.99. The monoisotopic (exact) mass is 562 g/mol. The van der Waals surface area contributed by atoms with Crippen LogP contribution in [0.5, 0.6) is 0 Å². The van der Waals surface area contributed by atoms with Crippen molar-refractivity contribution in [2.75, 3.05) is 5.32 Å². The van der Waals surface area contributed by atoms with Crippen molar-refractivity contribution in [1.82, 2.24) is 14.5 Å². The number of aryl methyl sites for hydroxylation is 1.